The number of rotatable bonds is 2. The molecule has 0 saturated carbocycles. The van der Waals surface area contributed by atoms with Crippen LogP contribution in [-0.2, 0) is 0 Å². The smallest absolute Gasteiger partial charge is 0.197 e. The second-order valence-electron chi connectivity index (χ2n) is 4.41. The number of aromatic amines is 1. The molecule has 0 aliphatic heterocycles. The van der Waals surface area contributed by atoms with Gasteiger partial charge < -0.3 is 10.7 Å². The number of nitrogens with zero attached hydrogens (tertiary/aromatic N) is 1. The van der Waals surface area contributed by atoms with Gasteiger partial charge in [-0.2, -0.15) is 0 Å². The van der Waals surface area contributed by atoms with E-state index in [2.05, 4.69) is 9.97 Å². The van der Waals surface area contributed by atoms with Crippen LogP contribution in [0.5, 0.6) is 0 Å². The lowest BCUT2D eigenvalue weighted by atomic mass is 10.1. The molecule has 0 fully saturated rings. The van der Waals surface area contributed by atoms with Gasteiger partial charge in [0.15, 0.2) is 4.77 Å². The van der Waals surface area contributed by atoms with Crippen molar-refractivity contribution in [3.05, 3.63) is 65.4 Å². The van der Waals surface area contributed by atoms with Gasteiger partial charge in [0.05, 0.1) is 17.1 Å². The molecule has 3 aromatic rings. The van der Waals surface area contributed by atoms with E-state index in [-0.39, 0.29) is 0 Å². The van der Waals surface area contributed by atoms with Gasteiger partial charge in [-0.05, 0) is 12.2 Å². The van der Waals surface area contributed by atoms with Crippen LogP contribution in [0.15, 0.2) is 60.7 Å². The Labute approximate surface area is 122 Å². The van der Waals surface area contributed by atoms with Crippen molar-refractivity contribution in [1.82, 2.24) is 9.97 Å². The molecule has 20 heavy (non-hydrogen) atoms. The molecule has 0 unspecified atom stereocenters. The Morgan fingerprint density at radius 3 is 2.00 bits per heavy atom. The largest absolute Gasteiger partial charge is 0.395 e. The summed E-state index contributed by atoms with van der Waals surface area (Å²) < 4.78 is 0.428. The fourth-order valence-electron chi connectivity index (χ4n) is 2.13. The van der Waals surface area contributed by atoms with E-state index in [9.17, 15) is 0 Å². The molecule has 0 bridgehead atoms. The molecule has 4 heteroatoms. The molecule has 0 aliphatic rings. The summed E-state index contributed by atoms with van der Waals surface area (Å²) in [5.41, 5.74) is 10.4. The van der Waals surface area contributed by atoms with Crippen LogP contribution < -0.4 is 5.73 Å². The maximum absolute atomic E-state index is 6.28. The van der Waals surface area contributed by atoms with Crippen LogP contribution in [0.3, 0.4) is 0 Å². The normalized spacial score (nSPS) is 10.4. The highest BCUT2D eigenvalue weighted by atomic mass is 32.1. The van der Waals surface area contributed by atoms with Gasteiger partial charge in [0.25, 0.3) is 0 Å². The second-order valence-corrected chi connectivity index (χ2v) is 4.80. The predicted molar refractivity (Wildman–Crippen MR) is 84.7 cm³/mol. The van der Waals surface area contributed by atoms with E-state index in [4.69, 9.17) is 18.0 Å². The van der Waals surface area contributed by atoms with Gasteiger partial charge in [0.1, 0.15) is 0 Å². The Balaban J connectivity index is 2.24. The third-order valence-corrected chi connectivity index (χ3v) is 3.27. The molecule has 0 saturated heterocycles. The van der Waals surface area contributed by atoms with Crippen LogP contribution in [0.1, 0.15) is 0 Å². The average Bonchev–Trinajstić information content (AvgIpc) is 2.51. The molecular formula is C16H13N3S. The van der Waals surface area contributed by atoms with Crippen LogP contribution in [-0.4, -0.2) is 9.97 Å². The minimum Gasteiger partial charge on any atom is -0.395 e. The molecular weight excluding hydrogens is 266 g/mol. The minimum atomic E-state index is 0.428. The van der Waals surface area contributed by atoms with E-state index in [1.54, 1.807) is 0 Å². The summed E-state index contributed by atoms with van der Waals surface area (Å²) in [4.78, 5) is 7.44. The standard InChI is InChI=1S/C16H13N3S/c17-13-14(11-7-3-1-4-8-11)18-16(20)19-15(13)12-9-5-2-6-10-12/h1-10H,17H2,(H,18,19,20). The highest BCUT2D eigenvalue weighted by molar-refractivity contribution is 7.71. The Kier molecular flexibility index (Phi) is 3.31. The van der Waals surface area contributed by atoms with Crippen molar-refractivity contribution >= 4 is 17.9 Å². The zero-order chi connectivity index (χ0) is 13.9. The number of nitrogens with one attached hydrogen (secondary N) is 1. The van der Waals surface area contributed by atoms with Gasteiger partial charge >= 0.3 is 0 Å². The summed E-state index contributed by atoms with van der Waals surface area (Å²) in [5.74, 6) is 0. The third-order valence-electron chi connectivity index (χ3n) is 3.08. The summed E-state index contributed by atoms with van der Waals surface area (Å²) in [5, 5.41) is 0. The molecule has 0 amide bonds. The fraction of sp³-hybridized carbons (Fsp3) is 0. The van der Waals surface area contributed by atoms with Crippen molar-refractivity contribution in [3.63, 3.8) is 0 Å². The summed E-state index contributed by atoms with van der Waals surface area (Å²) >= 11 is 5.22. The first-order chi connectivity index (χ1) is 9.75. The van der Waals surface area contributed by atoms with Crippen LogP contribution in [0.2, 0.25) is 0 Å². The van der Waals surface area contributed by atoms with Crippen molar-refractivity contribution in [1.29, 1.82) is 0 Å². The van der Waals surface area contributed by atoms with E-state index in [0.717, 1.165) is 16.8 Å². The van der Waals surface area contributed by atoms with Gasteiger partial charge in [-0.1, -0.05) is 60.7 Å². The predicted octanol–water partition coefficient (Wildman–Crippen LogP) is 4.06. The van der Waals surface area contributed by atoms with Gasteiger partial charge in [-0.3, -0.25) is 0 Å². The fourth-order valence-corrected chi connectivity index (χ4v) is 2.32. The highest BCUT2D eigenvalue weighted by Crippen LogP contribution is 2.31. The molecule has 0 spiro atoms. The minimum absolute atomic E-state index is 0.428. The second kappa shape index (κ2) is 5.27. The molecule has 0 atom stereocenters. The quantitative estimate of drug-likeness (QED) is 0.696. The molecule has 1 aromatic heterocycles. The van der Waals surface area contributed by atoms with Crippen LogP contribution in [0, 0.1) is 4.77 Å². The first-order valence-corrected chi connectivity index (χ1v) is 6.67. The van der Waals surface area contributed by atoms with Crippen molar-refractivity contribution in [2.45, 2.75) is 0 Å². The first-order valence-electron chi connectivity index (χ1n) is 6.26. The van der Waals surface area contributed by atoms with Crippen LogP contribution >= 0.6 is 12.2 Å². The number of anilines is 1. The molecule has 3 N–H and O–H groups in total. The summed E-state index contributed by atoms with van der Waals surface area (Å²) in [7, 11) is 0. The molecule has 0 radical (unpaired) electrons. The topological polar surface area (TPSA) is 54.7 Å². The monoisotopic (exact) mass is 279 g/mol. The molecule has 98 valence electrons. The number of hydrogen-bond acceptors (Lipinski definition) is 3. The SMILES string of the molecule is Nc1c(-c2ccccc2)nc(=S)[nH]c1-c1ccccc1. The third kappa shape index (κ3) is 2.33. The van der Waals surface area contributed by atoms with E-state index >= 15 is 0 Å². The summed E-state index contributed by atoms with van der Waals surface area (Å²) in [6.07, 6.45) is 0. The number of nitrogens with two attached hydrogens (primary N) is 1. The van der Waals surface area contributed by atoms with Crippen molar-refractivity contribution in [2.75, 3.05) is 5.73 Å². The van der Waals surface area contributed by atoms with Crippen molar-refractivity contribution in [2.24, 2.45) is 0 Å². The van der Waals surface area contributed by atoms with E-state index < -0.39 is 0 Å². The lowest BCUT2D eigenvalue weighted by Crippen LogP contribution is -2.00. The molecule has 2 aromatic carbocycles. The lowest BCUT2D eigenvalue weighted by molar-refractivity contribution is 1.15. The van der Waals surface area contributed by atoms with Crippen molar-refractivity contribution < 1.29 is 0 Å². The van der Waals surface area contributed by atoms with Gasteiger partial charge in [0.2, 0.25) is 0 Å². The highest BCUT2D eigenvalue weighted by Gasteiger charge is 2.11. The number of aromatic nitrogens is 2. The van der Waals surface area contributed by atoms with Gasteiger partial charge in [-0.25, -0.2) is 4.98 Å². The Morgan fingerprint density at radius 2 is 1.40 bits per heavy atom. The molecule has 0 aliphatic carbocycles. The van der Waals surface area contributed by atoms with Crippen molar-refractivity contribution in [3.8, 4) is 22.5 Å². The van der Waals surface area contributed by atoms with Gasteiger partial charge in [-0.15, -0.1) is 0 Å². The molecule has 3 rings (SSSR count). The first kappa shape index (κ1) is 12.6. The average molecular weight is 279 g/mol. The maximum Gasteiger partial charge on any atom is 0.197 e. The Hall–Kier alpha value is -2.46. The zero-order valence-electron chi connectivity index (χ0n) is 10.7. The van der Waals surface area contributed by atoms with Gasteiger partial charge in [0, 0.05) is 11.1 Å². The van der Waals surface area contributed by atoms with E-state index in [0.29, 0.717) is 16.2 Å². The number of nitrogen functional groups attached to an aromatic ring is 1. The van der Waals surface area contributed by atoms with E-state index in [1.165, 1.54) is 0 Å². The number of H-pyrrole nitrogens is 1. The Bertz CT molecular complexity index is 716. The summed E-state index contributed by atoms with van der Waals surface area (Å²) in [6.45, 7) is 0. The zero-order valence-corrected chi connectivity index (χ0v) is 11.5. The van der Waals surface area contributed by atoms with E-state index in [1.807, 2.05) is 60.7 Å². The van der Waals surface area contributed by atoms with Crippen LogP contribution in [0.25, 0.3) is 22.5 Å². The maximum atomic E-state index is 6.28. The number of benzene rings is 2. The number of hydrogen-bond donors (Lipinski definition) is 2. The summed E-state index contributed by atoms with van der Waals surface area (Å²) in [6, 6.07) is 19.7. The van der Waals surface area contributed by atoms with Crippen LogP contribution in [0.4, 0.5) is 5.69 Å². The molecule has 3 nitrogen and oxygen atoms in total. The lowest BCUT2D eigenvalue weighted by Gasteiger charge is -2.10. The Morgan fingerprint density at radius 1 is 0.850 bits per heavy atom. The molecule has 1 heterocycles.